The highest BCUT2D eigenvalue weighted by atomic mass is 19.1. The molecular weight excluding hydrogens is 321 g/mol. The van der Waals surface area contributed by atoms with Gasteiger partial charge in [0.25, 0.3) is 0 Å². The number of piperazine rings is 1. The van der Waals surface area contributed by atoms with Gasteiger partial charge in [0.15, 0.2) is 0 Å². The van der Waals surface area contributed by atoms with Gasteiger partial charge in [0.2, 0.25) is 0 Å². The lowest BCUT2D eigenvalue weighted by atomic mass is 10.2. The average Bonchev–Trinajstić information content (AvgIpc) is 2.62. The Bertz CT molecular complexity index is 758. The van der Waals surface area contributed by atoms with Crippen LogP contribution in [0.5, 0.6) is 5.75 Å². The average molecular weight is 343 g/mol. The molecule has 0 aromatic heterocycles. The lowest BCUT2D eigenvalue weighted by molar-refractivity contribution is 0.208. The number of nitrogens with zero attached hydrogens (tertiary/aromatic N) is 2. The van der Waals surface area contributed by atoms with Gasteiger partial charge < -0.3 is 19.9 Å². The van der Waals surface area contributed by atoms with Crippen molar-refractivity contribution in [3.8, 4) is 5.75 Å². The molecule has 0 bridgehead atoms. The van der Waals surface area contributed by atoms with E-state index in [1.165, 1.54) is 12.1 Å². The lowest BCUT2D eigenvalue weighted by Crippen LogP contribution is -2.50. The number of aryl methyl sites for hydroxylation is 1. The molecule has 0 unspecified atom stereocenters. The van der Waals surface area contributed by atoms with Gasteiger partial charge in [-0.15, -0.1) is 0 Å². The second-order valence-corrected chi connectivity index (χ2v) is 6.09. The summed E-state index contributed by atoms with van der Waals surface area (Å²) < 4.78 is 18.7. The summed E-state index contributed by atoms with van der Waals surface area (Å²) in [6, 6.07) is 12.1. The minimum absolute atomic E-state index is 0.150. The molecule has 1 heterocycles. The van der Waals surface area contributed by atoms with Gasteiger partial charge in [-0.3, -0.25) is 0 Å². The second kappa shape index (κ2) is 7.42. The first-order chi connectivity index (χ1) is 12.1. The van der Waals surface area contributed by atoms with Gasteiger partial charge in [-0.05, 0) is 42.8 Å². The normalized spacial score (nSPS) is 14.4. The van der Waals surface area contributed by atoms with Crippen LogP contribution in [0.1, 0.15) is 5.56 Å². The molecule has 1 saturated heterocycles. The van der Waals surface area contributed by atoms with E-state index in [1.54, 1.807) is 18.1 Å². The first-order valence-corrected chi connectivity index (χ1v) is 8.28. The third-order valence-corrected chi connectivity index (χ3v) is 4.34. The van der Waals surface area contributed by atoms with Crippen molar-refractivity contribution in [3.05, 3.63) is 53.8 Å². The quantitative estimate of drug-likeness (QED) is 0.928. The molecule has 1 aliphatic heterocycles. The van der Waals surface area contributed by atoms with Crippen LogP contribution in [0, 0.1) is 12.7 Å². The summed E-state index contributed by atoms with van der Waals surface area (Å²) in [5, 5.41) is 2.92. The SMILES string of the molecule is COc1ccc(C)cc1NC(=O)N1CCN(c2cccc(F)c2)CC1. The number of carbonyl (C=O) groups excluding carboxylic acids is 1. The minimum Gasteiger partial charge on any atom is -0.495 e. The number of rotatable bonds is 3. The Kier molecular flexibility index (Phi) is 5.07. The highest BCUT2D eigenvalue weighted by molar-refractivity contribution is 5.91. The van der Waals surface area contributed by atoms with Gasteiger partial charge in [0.05, 0.1) is 12.8 Å². The summed E-state index contributed by atoms with van der Waals surface area (Å²) in [7, 11) is 1.58. The number of nitrogens with one attached hydrogen (secondary N) is 1. The maximum absolute atomic E-state index is 13.4. The van der Waals surface area contributed by atoms with Crippen LogP contribution in [-0.2, 0) is 0 Å². The number of halogens is 1. The van der Waals surface area contributed by atoms with Crippen LogP contribution in [0.3, 0.4) is 0 Å². The molecule has 25 heavy (non-hydrogen) atoms. The van der Waals surface area contributed by atoms with E-state index in [4.69, 9.17) is 4.74 Å². The van der Waals surface area contributed by atoms with Crippen LogP contribution in [0.4, 0.5) is 20.6 Å². The van der Waals surface area contributed by atoms with Crippen LogP contribution in [0.15, 0.2) is 42.5 Å². The van der Waals surface area contributed by atoms with Gasteiger partial charge in [-0.2, -0.15) is 0 Å². The molecule has 6 heteroatoms. The number of carbonyl (C=O) groups is 1. The van der Waals surface area contributed by atoms with Gasteiger partial charge in [-0.25, -0.2) is 9.18 Å². The standard InChI is InChI=1S/C19H22FN3O2/c1-14-6-7-18(25-2)17(12-14)21-19(24)23-10-8-22(9-11-23)16-5-3-4-15(20)13-16/h3-7,12-13H,8-11H2,1-2H3,(H,21,24). The highest BCUT2D eigenvalue weighted by Crippen LogP contribution is 2.26. The molecule has 2 aromatic rings. The maximum atomic E-state index is 13.4. The summed E-state index contributed by atoms with van der Waals surface area (Å²) in [6.07, 6.45) is 0. The zero-order valence-electron chi connectivity index (χ0n) is 14.5. The summed E-state index contributed by atoms with van der Waals surface area (Å²) in [4.78, 5) is 16.4. The smallest absolute Gasteiger partial charge is 0.322 e. The van der Waals surface area contributed by atoms with Crippen molar-refractivity contribution in [3.63, 3.8) is 0 Å². The summed E-state index contributed by atoms with van der Waals surface area (Å²) in [5.74, 6) is 0.390. The minimum atomic E-state index is -0.246. The van der Waals surface area contributed by atoms with Crippen LogP contribution in [0.25, 0.3) is 0 Å². The number of amides is 2. The molecule has 5 nitrogen and oxygen atoms in total. The van der Waals surface area contributed by atoms with Crippen LogP contribution < -0.4 is 15.0 Å². The zero-order valence-corrected chi connectivity index (χ0v) is 14.5. The van der Waals surface area contributed by atoms with E-state index in [1.807, 2.05) is 31.2 Å². The largest absolute Gasteiger partial charge is 0.495 e. The fraction of sp³-hybridized carbons (Fsp3) is 0.316. The number of methoxy groups -OCH3 is 1. The molecule has 1 fully saturated rings. The van der Waals surface area contributed by atoms with Gasteiger partial charge in [0.1, 0.15) is 11.6 Å². The Morgan fingerprint density at radius 1 is 1.12 bits per heavy atom. The van der Waals surface area contributed by atoms with E-state index in [0.717, 1.165) is 11.3 Å². The molecule has 2 aromatic carbocycles. The number of hydrogen-bond acceptors (Lipinski definition) is 3. The molecule has 3 rings (SSSR count). The predicted octanol–water partition coefficient (Wildman–Crippen LogP) is 3.50. The van der Waals surface area contributed by atoms with Crippen molar-refractivity contribution in [2.24, 2.45) is 0 Å². The molecular formula is C19H22FN3O2. The summed E-state index contributed by atoms with van der Waals surface area (Å²) >= 11 is 0. The van der Waals surface area contributed by atoms with Gasteiger partial charge in [0, 0.05) is 31.9 Å². The molecule has 0 saturated carbocycles. The van der Waals surface area contributed by atoms with Gasteiger partial charge >= 0.3 is 6.03 Å². The van der Waals surface area contributed by atoms with Crippen LogP contribution in [-0.4, -0.2) is 44.2 Å². The molecule has 0 aliphatic carbocycles. The second-order valence-electron chi connectivity index (χ2n) is 6.09. The van der Waals surface area contributed by atoms with E-state index in [2.05, 4.69) is 10.2 Å². The number of hydrogen-bond donors (Lipinski definition) is 1. The molecule has 2 amide bonds. The fourth-order valence-electron chi connectivity index (χ4n) is 2.95. The predicted molar refractivity (Wildman–Crippen MR) is 96.9 cm³/mol. The number of ether oxygens (including phenoxy) is 1. The van der Waals surface area contributed by atoms with Crippen molar-refractivity contribution in [1.82, 2.24) is 4.90 Å². The van der Waals surface area contributed by atoms with Crippen molar-refractivity contribution < 1.29 is 13.9 Å². The van der Waals surface area contributed by atoms with Crippen LogP contribution in [0.2, 0.25) is 0 Å². The summed E-state index contributed by atoms with van der Waals surface area (Å²) in [6.45, 7) is 4.46. The number of anilines is 2. The summed E-state index contributed by atoms with van der Waals surface area (Å²) in [5.41, 5.74) is 2.56. The van der Waals surface area contributed by atoms with E-state index < -0.39 is 0 Å². The lowest BCUT2D eigenvalue weighted by Gasteiger charge is -2.36. The Labute approximate surface area is 147 Å². The van der Waals surface area contributed by atoms with E-state index >= 15 is 0 Å². The molecule has 0 atom stereocenters. The number of urea groups is 1. The molecule has 1 aliphatic rings. The first kappa shape index (κ1) is 17.1. The molecule has 132 valence electrons. The number of benzene rings is 2. The maximum Gasteiger partial charge on any atom is 0.322 e. The Balaban J connectivity index is 1.61. The van der Waals surface area contributed by atoms with Crippen molar-refractivity contribution in [2.45, 2.75) is 6.92 Å². The third kappa shape index (κ3) is 4.02. The Morgan fingerprint density at radius 3 is 2.56 bits per heavy atom. The van der Waals surface area contributed by atoms with E-state index in [0.29, 0.717) is 37.6 Å². The monoisotopic (exact) mass is 343 g/mol. The first-order valence-electron chi connectivity index (χ1n) is 8.28. The Hall–Kier alpha value is -2.76. The molecule has 0 spiro atoms. The Morgan fingerprint density at radius 2 is 1.88 bits per heavy atom. The fourth-order valence-corrected chi connectivity index (χ4v) is 2.95. The third-order valence-electron chi connectivity index (χ3n) is 4.34. The topological polar surface area (TPSA) is 44.8 Å². The highest BCUT2D eigenvalue weighted by Gasteiger charge is 2.22. The zero-order chi connectivity index (χ0) is 17.8. The van der Waals surface area contributed by atoms with E-state index in [9.17, 15) is 9.18 Å². The van der Waals surface area contributed by atoms with E-state index in [-0.39, 0.29) is 11.8 Å². The van der Waals surface area contributed by atoms with Crippen molar-refractivity contribution in [1.29, 1.82) is 0 Å². The van der Waals surface area contributed by atoms with Crippen molar-refractivity contribution >= 4 is 17.4 Å². The van der Waals surface area contributed by atoms with Crippen molar-refractivity contribution in [2.75, 3.05) is 43.5 Å². The van der Waals surface area contributed by atoms with Gasteiger partial charge in [-0.1, -0.05) is 12.1 Å². The molecule has 1 N–H and O–H groups in total. The molecule has 0 radical (unpaired) electrons. The van der Waals surface area contributed by atoms with Crippen LogP contribution >= 0.6 is 0 Å².